The van der Waals surface area contributed by atoms with Crippen LogP contribution in [0.15, 0.2) is 0 Å². The number of piperidine rings is 1. The van der Waals surface area contributed by atoms with Crippen molar-refractivity contribution < 1.29 is 13.2 Å². The zero-order valence-electron chi connectivity index (χ0n) is 11.7. The number of halogens is 3. The van der Waals surface area contributed by atoms with Crippen LogP contribution in [0.25, 0.3) is 0 Å². The largest absolute Gasteiger partial charge is 0.434 e. The first kappa shape index (κ1) is 15.7. The fourth-order valence-corrected chi connectivity index (χ4v) is 3.66. The van der Waals surface area contributed by atoms with Gasteiger partial charge in [0.05, 0.1) is 9.88 Å². The van der Waals surface area contributed by atoms with E-state index in [9.17, 15) is 13.2 Å². The van der Waals surface area contributed by atoms with Gasteiger partial charge in [0.2, 0.25) is 0 Å². The summed E-state index contributed by atoms with van der Waals surface area (Å²) in [4.78, 5) is 6.03. The van der Waals surface area contributed by atoms with Gasteiger partial charge in [0.1, 0.15) is 0 Å². The van der Waals surface area contributed by atoms with Crippen molar-refractivity contribution in [1.29, 1.82) is 0 Å². The summed E-state index contributed by atoms with van der Waals surface area (Å²) in [6.45, 7) is 5.50. The van der Waals surface area contributed by atoms with Crippen LogP contribution in [0.3, 0.4) is 0 Å². The van der Waals surface area contributed by atoms with Gasteiger partial charge < -0.3 is 5.73 Å². The lowest BCUT2D eigenvalue weighted by Crippen LogP contribution is -2.42. The maximum atomic E-state index is 12.9. The Morgan fingerprint density at radius 1 is 1.50 bits per heavy atom. The van der Waals surface area contributed by atoms with Crippen molar-refractivity contribution >= 4 is 11.3 Å². The first-order valence-corrected chi connectivity index (χ1v) is 7.60. The Morgan fingerprint density at radius 3 is 2.80 bits per heavy atom. The summed E-state index contributed by atoms with van der Waals surface area (Å²) < 4.78 is 38.8. The molecule has 1 saturated heterocycles. The first-order valence-electron chi connectivity index (χ1n) is 6.79. The first-order chi connectivity index (χ1) is 9.27. The van der Waals surface area contributed by atoms with Crippen molar-refractivity contribution in [2.45, 2.75) is 45.5 Å². The Labute approximate surface area is 121 Å². The van der Waals surface area contributed by atoms with Crippen molar-refractivity contribution in [2.24, 2.45) is 11.7 Å². The predicted molar refractivity (Wildman–Crippen MR) is 73.5 cm³/mol. The number of alkyl halides is 3. The molecule has 0 aromatic carbocycles. The number of aromatic nitrogens is 1. The van der Waals surface area contributed by atoms with Gasteiger partial charge in [0.15, 0.2) is 5.69 Å². The molecule has 2 rings (SSSR count). The molecule has 3 nitrogen and oxygen atoms in total. The Morgan fingerprint density at radius 2 is 2.20 bits per heavy atom. The van der Waals surface area contributed by atoms with Crippen LogP contribution in [0.1, 0.15) is 35.3 Å². The number of thiazole rings is 1. The van der Waals surface area contributed by atoms with E-state index in [1.807, 2.05) is 6.92 Å². The van der Waals surface area contributed by atoms with E-state index in [-0.39, 0.29) is 6.04 Å². The van der Waals surface area contributed by atoms with E-state index >= 15 is 0 Å². The van der Waals surface area contributed by atoms with E-state index in [4.69, 9.17) is 5.73 Å². The summed E-state index contributed by atoms with van der Waals surface area (Å²) in [5.74, 6) is 0.368. The maximum absolute atomic E-state index is 12.9. The highest BCUT2D eigenvalue weighted by Crippen LogP contribution is 2.35. The second-order valence-corrected chi connectivity index (χ2v) is 6.79. The average Bonchev–Trinajstić information content (AvgIpc) is 2.70. The van der Waals surface area contributed by atoms with Crippen LogP contribution in [0.2, 0.25) is 0 Å². The molecule has 1 aromatic heterocycles. The third-order valence-electron chi connectivity index (χ3n) is 3.73. The SMILES string of the molecule is Cc1nc(C(F)(F)F)c(CN2CCCC(C(C)N)C2)s1. The van der Waals surface area contributed by atoms with E-state index < -0.39 is 11.9 Å². The molecule has 0 spiro atoms. The molecule has 0 bridgehead atoms. The van der Waals surface area contributed by atoms with Crippen LogP contribution in [-0.4, -0.2) is 29.0 Å². The Bertz CT molecular complexity index is 456. The number of nitrogens with two attached hydrogens (primary N) is 1. The molecule has 0 aliphatic carbocycles. The molecule has 1 fully saturated rings. The molecule has 114 valence electrons. The third-order valence-corrected chi connectivity index (χ3v) is 4.68. The Balaban J connectivity index is 2.10. The Kier molecular flexibility index (Phi) is 4.71. The number of hydrogen-bond donors (Lipinski definition) is 1. The minimum Gasteiger partial charge on any atom is -0.328 e. The second-order valence-electron chi connectivity index (χ2n) is 5.50. The van der Waals surface area contributed by atoms with Crippen molar-refractivity contribution in [3.63, 3.8) is 0 Å². The van der Waals surface area contributed by atoms with E-state index in [2.05, 4.69) is 9.88 Å². The Hall–Kier alpha value is -0.660. The molecule has 0 saturated carbocycles. The quantitative estimate of drug-likeness (QED) is 0.933. The van der Waals surface area contributed by atoms with Gasteiger partial charge in [-0.05, 0) is 39.2 Å². The van der Waals surface area contributed by atoms with Gasteiger partial charge in [-0.25, -0.2) is 4.98 Å². The molecular formula is C13H20F3N3S. The topological polar surface area (TPSA) is 42.2 Å². The zero-order valence-corrected chi connectivity index (χ0v) is 12.5. The van der Waals surface area contributed by atoms with E-state index in [0.29, 0.717) is 22.3 Å². The van der Waals surface area contributed by atoms with Gasteiger partial charge in [-0.2, -0.15) is 13.2 Å². The highest BCUT2D eigenvalue weighted by molar-refractivity contribution is 7.11. The van der Waals surface area contributed by atoms with Crippen molar-refractivity contribution in [3.05, 3.63) is 15.6 Å². The lowest BCUT2D eigenvalue weighted by Gasteiger charge is -2.34. The maximum Gasteiger partial charge on any atom is 0.434 e. The molecule has 1 aliphatic heterocycles. The molecule has 0 amide bonds. The second kappa shape index (κ2) is 5.99. The monoisotopic (exact) mass is 307 g/mol. The van der Waals surface area contributed by atoms with E-state index in [1.165, 1.54) is 0 Å². The van der Waals surface area contributed by atoms with Gasteiger partial charge in [-0.15, -0.1) is 11.3 Å². The minimum absolute atomic E-state index is 0.0862. The van der Waals surface area contributed by atoms with Crippen molar-refractivity contribution in [1.82, 2.24) is 9.88 Å². The fourth-order valence-electron chi connectivity index (χ4n) is 2.67. The average molecular weight is 307 g/mol. The summed E-state index contributed by atoms with van der Waals surface area (Å²) >= 11 is 1.14. The van der Waals surface area contributed by atoms with Crippen LogP contribution in [0, 0.1) is 12.8 Å². The summed E-state index contributed by atoms with van der Waals surface area (Å²) in [6, 6.07) is 0.0862. The molecule has 2 atom stereocenters. The fraction of sp³-hybridized carbons (Fsp3) is 0.769. The highest BCUT2D eigenvalue weighted by Gasteiger charge is 2.37. The summed E-state index contributed by atoms with van der Waals surface area (Å²) in [6.07, 6.45) is -2.32. The van der Waals surface area contributed by atoms with Crippen molar-refractivity contribution in [2.75, 3.05) is 13.1 Å². The summed E-state index contributed by atoms with van der Waals surface area (Å²) in [5.41, 5.74) is 5.19. The van der Waals surface area contributed by atoms with E-state index in [1.54, 1.807) is 6.92 Å². The third kappa shape index (κ3) is 3.71. The van der Waals surface area contributed by atoms with Crippen LogP contribution in [0.4, 0.5) is 13.2 Å². The van der Waals surface area contributed by atoms with Crippen molar-refractivity contribution in [3.8, 4) is 0 Å². The molecule has 1 aliphatic rings. The zero-order chi connectivity index (χ0) is 14.9. The highest BCUT2D eigenvalue weighted by atomic mass is 32.1. The molecule has 2 N–H and O–H groups in total. The number of hydrogen-bond acceptors (Lipinski definition) is 4. The van der Waals surface area contributed by atoms with Gasteiger partial charge in [0.25, 0.3) is 0 Å². The van der Waals surface area contributed by atoms with Gasteiger partial charge >= 0.3 is 6.18 Å². The summed E-state index contributed by atoms with van der Waals surface area (Å²) in [5, 5.41) is 0.466. The lowest BCUT2D eigenvalue weighted by molar-refractivity contribution is -0.141. The van der Waals surface area contributed by atoms with Gasteiger partial charge in [0, 0.05) is 19.1 Å². The molecule has 2 unspecified atom stereocenters. The van der Waals surface area contributed by atoms with Gasteiger partial charge in [-0.3, -0.25) is 4.90 Å². The molecular weight excluding hydrogens is 287 g/mol. The number of rotatable bonds is 3. The minimum atomic E-state index is -4.36. The summed E-state index contributed by atoms with van der Waals surface area (Å²) in [7, 11) is 0. The lowest BCUT2D eigenvalue weighted by atomic mass is 9.92. The van der Waals surface area contributed by atoms with Crippen LogP contribution < -0.4 is 5.73 Å². The van der Waals surface area contributed by atoms with Crippen LogP contribution in [-0.2, 0) is 12.7 Å². The molecule has 0 radical (unpaired) electrons. The number of aryl methyl sites for hydroxylation is 1. The van der Waals surface area contributed by atoms with Crippen LogP contribution >= 0.6 is 11.3 Å². The van der Waals surface area contributed by atoms with E-state index in [0.717, 1.165) is 37.3 Å². The molecule has 1 aromatic rings. The van der Waals surface area contributed by atoms with Gasteiger partial charge in [-0.1, -0.05) is 0 Å². The molecule has 20 heavy (non-hydrogen) atoms. The normalized spacial score (nSPS) is 23.0. The standard InChI is InChI=1S/C13H20F3N3S/c1-8(17)10-4-3-5-19(6-10)7-11-12(13(14,15)16)18-9(2)20-11/h8,10H,3-7,17H2,1-2H3. The smallest absolute Gasteiger partial charge is 0.328 e. The van der Waals surface area contributed by atoms with Crippen LogP contribution in [0.5, 0.6) is 0 Å². The number of nitrogens with zero attached hydrogens (tertiary/aromatic N) is 2. The number of likely N-dealkylation sites (tertiary alicyclic amines) is 1. The predicted octanol–water partition coefficient (Wildman–Crippen LogP) is 3.03. The molecule has 2 heterocycles. The molecule has 7 heteroatoms.